The maximum Gasteiger partial charge on any atom is 0.154 e. The first-order valence-corrected chi connectivity index (χ1v) is 7.33. The molecule has 0 radical (unpaired) electrons. The van der Waals surface area contributed by atoms with E-state index in [0.717, 1.165) is 38.5 Å². The molecule has 0 aromatic heterocycles. The Balaban J connectivity index is 0.000000225. The molecule has 0 saturated heterocycles. The van der Waals surface area contributed by atoms with Crippen LogP contribution in [0.4, 0.5) is 0 Å². The highest BCUT2D eigenvalue weighted by molar-refractivity contribution is 6.23. The van der Waals surface area contributed by atoms with Crippen LogP contribution < -0.4 is 0 Å². The fourth-order valence-electron chi connectivity index (χ4n) is 2.03. The molecule has 0 amide bonds. The third-order valence-electron chi connectivity index (χ3n) is 3.06. The number of nitrogens with zero attached hydrogens (tertiary/aromatic N) is 2. The third-order valence-corrected chi connectivity index (χ3v) is 3.51. The van der Waals surface area contributed by atoms with Gasteiger partial charge in [0.1, 0.15) is 5.78 Å². The Hall–Kier alpha value is -0.440. The van der Waals surface area contributed by atoms with Gasteiger partial charge in [-0.05, 0) is 59.3 Å². The second kappa shape index (κ2) is 6.65. The zero-order valence-electron chi connectivity index (χ0n) is 11.8. The molecule has 0 spiro atoms. The first kappa shape index (κ1) is 15.6. The van der Waals surface area contributed by atoms with Crippen LogP contribution in [0, 0.1) is 0 Å². The lowest BCUT2D eigenvalue weighted by Crippen LogP contribution is -2.15. The van der Waals surface area contributed by atoms with Crippen LogP contribution >= 0.6 is 11.6 Å². The van der Waals surface area contributed by atoms with Gasteiger partial charge in [-0.1, -0.05) is 11.6 Å². The Morgan fingerprint density at radius 3 is 1.89 bits per heavy atom. The van der Waals surface area contributed by atoms with E-state index in [4.69, 9.17) is 11.6 Å². The third kappa shape index (κ3) is 6.48. The molecule has 0 bridgehead atoms. The van der Waals surface area contributed by atoms with Gasteiger partial charge in [0.15, 0.2) is 5.00 Å². The number of carbonyl (C=O) groups excluding carboxylic acids is 1. The molecule has 0 unspecified atom stereocenters. The van der Waals surface area contributed by atoms with Gasteiger partial charge in [0, 0.05) is 12.8 Å². The maximum absolute atomic E-state index is 10.2. The van der Waals surface area contributed by atoms with Crippen LogP contribution in [0.15, 0.2) is 10.2 Å². The number of Topliss-reactive ketones (excluding diaryl/α,β-unsaturated/α-hetero) is 1. The van der Waals surface area contributed by atoms with Crippen LogP contribution in [0.1, 0.15) is 72.1 Å². The number of rotatable bonds is 1. The number of alkyl halides is 1. The topological polar surface area (TPSA) is 41.8 Å². The summed E-state index contributed by atoms with van der Waals surface area (Å²) in [6, 6.07) is 0. The van der Waals surface area contributed by atoms with E-state index in [1.54, 1.807) is 0 Å². The summed E-state index contributed by atoms with van der Waals surface area (Å²) in [5.41, 5.74) is -0.0928. The van der Waals surface area contributed by atoms with Gasteiger partial charge >= 0.3 is 0 Å². The van der Waals surface area contributed by atoms with Crippen molar-refractivity contribution in [3.8, 4) is 0 Å². The lowest BCUT2D eigenvalue weighted by Gasteiger charge is -2.16. The maximum atomic E-state index is 10.2. The molecule has 2 aliphatic rings. The molecule has 0 aliphatic heterocycles. The van der Waals surface area contributed by atoms with Crippen LogP contribution in [0.25, 0.3) is 0 Å². The van der Waals surface area contributed by atoms with Crippen molar-refractivity contribution < 1.29 is 4.79 Å². The van der Waals surface area contributed by atoms with E-state index >= 15 is 0 Å². The van der Waals surface area contributed by atoms with Gasteiger partial charge in [-0.3, -0.25) is 4.79 Å². The molecule has 0 aromatic rings. The highest BCUT2D eigenvalue weighted by atomic mass is 35.5. The number of azo groups is 1. The fourth-order valence-corrected chi connectivity index (χ4v) is 2.33. The summed E-state index contributed by atoms with van der Waals surface area (Å²) in [4.78, 5) is 9.88. The summed E-state index contributed by atoms with van der Waals surface area (Å²) in [5.74, 6) is 0.454. The predicted molar refractivity (Wildman–Crippen MR) is 75.1 cm³/mol. The molecule has 2 fully saturated rings. The highest BCUT2D eigenvalue weighted by Crippen LogP contribution is 2.37. The quantitative estimate of drug-likeness (QED) is 0.381. The van der Waals surface area contributed by atoms with Crippen molar-refractivity contribution in [2.24, 2.45) is 10.2 Å². The van der Waals surface area contributed by atoms with E-state index in [2.05, 4.69) is 10.2 Å². The van der Waals surface area contributed by atoms with Gasteiger partial charge in [0.05, 0.1) is 5.54 Å². The number of halogens is 1. The Morgan fingerprint density at radius 2 is 1.56 bits per heavy atom. The summed E-state index contributed by atoms with van der Waals surface area (Å²) in [6.45, 7) is 6.10. The molecular weight excluding hydrogens is 248 g/mol. The van der Waals surface area contributed by atoms with Crippen LogP contribution in [0.5, 0.6) is 0 Å². The normalized spacial score (nSPS) is 23.2. The molecule has 0 N–H and O–H groups in total. The molecule has 4 heteroatoms. The van der Waals surface area contributed by atoms with Gasteiger partial charge in [-0.2, -0.15) is 10.2 Å². The largest absolute Gasteiger partial charge is 0.300 e. The Labute approximate surface area is 115 Å². The van der Waals surface area contributed by atoms with E-state index in [0.29, 0.717) is 5.78 Å². The standard InChI is InChI=1S/C9H17ClN2.C5H8O/c1-8(2,3)11-12-9(10)6-4-5-7-9;6-5-3-1-2-4-5/h4-7H2,1-3H3;1-4H2. The molecule has 0 aromatic carbocycles. The summed E-state index contributed by atoms with van der Waals surface area (Å²) in [7, 11) is 0. The van der Waals surface area contributed by atoms with Crippen LogP contribution in [-0.4, -0.2) is 16.3 Å². The molecule has 2 aliphatic carbocycles. The van der Waals surface area contributed by atoms with Crippen LogP contribution in [0.3, 0.4) is 0 Å². The van der Waals surface area contributed by atoms with Gasteiger partial charge in [0.2, 0.25) is 0 Å². The second-order valence-corrected chi connectivity index (χ2v) is 6.95. The summed E-state index contributed by atoms with van der Waals surface area (Å²) in [5, 5.41) is 8.42. The number of hydrogen-bond donors (Lipinski definition) is 0. The Kier molecular flexibility index (Phi) is 5.77. The summed E-state index contributed by atoms with van der Waals surface area (Å²) < 4.78 is 0. The summed E-state index contributed by atoms with van der Waals surface area (Å²) in [6.07, 6.45) is 8.30. The van der Waals surface area contributed by atoms with E-state index in [1.165, 1.54) is 12.8 Å². The lowest BCUT2D eigenvalue weighted by molar-refractivity contribution is -0.117. The summed E-state index contributed by atoms with van der Waals surface area (Å²) >= 11 is 6.22. The first-order chi connectivity index (χ1) is 8.31. The predicted octanol–water partition coefficient (Wildman–Crippen LogP) is 4.88. The molecule has 104 valence electrons. The van der Waals surface area contributed by atoms with E-state index in [9.17, 15) is 4.79 Å². The monoisotopic (exact) mass is 272 g/mol. The van der Waals surface area contributed by atoms with E-state index in [-0.39, 0.29) is 10.5 Å². The highest BCUT2D eigenvalue weighted by Gasteiger charge is 2.31. The van der Waals surface area contributed by atoms with Gasteiger partial charge in [0.25, 0.3) is 0 Å². The molecule has 3 nitrogen and oxygen atoms in total. The van der Waals surface area contributed by atoms with Gasteiger partial charge in [-0.15, -0.1) is 0 Å². The van der Waals surface area contributed by atoms with Crippen LogP contribution in [-0.2, 0) is 4.79 Å². The number of carbonyl (C=O) groups is 1. The molecule has 18 heavy (non-hydrogen) atoms. The van der Waals surface area contributed by atoms with Crippen molar-refractivity contribution in [3.05, 3.63) is 0 Å². The Morgan fingerprint density at radius 1 is 1.06 bits per heavy atom. The van der Waals surface area contributed by atoms with Crippen molar-refractivity contribution in [1.82, 2.24) is 0 Å². The van der Waals surface area contributed by atoms with E-state index in [1.807, 2.05) is 20.8 Å². The number of ketones is 1. The first-order valence-electron chi connectivity index (χ1n) is 6.95. The SMILES string of the molecule is CC(C)(C)N=NC1(Cl)CCCC1.O=C1CCCC1. The average molecular weight is 273 g/mol. The van der Waals surface area contributed by atoms with Crippen molar-refractivity contribution in [1.29, 1.82) is 0 Å². The zero-order chi connectivity index (χ0) is 13.6. The smallest absolute Gasteiger partial charge is 0.154 e. The van der Waals surface area contributed by atoms with Crippen molar-refractivity contribution in [2.75, 3.05) is 0 Å². The zero-order valence-corrected chi connectivity index (χ0v) is 12.6. The molecule has 0 atom stereocenters. The van der Waals surface area contributed by atoms with E-state index < -0.39 is 0 Å². The van der Waals surface area contributed by atoms with Crippen molar-refractivity contribution >= 4 is 17.4 Å². The molecule has 0 heterocycles. The average Bonchev–Trinajstić information content (AvgIpc) is 2.88. The van der Waals surface area contributed by atoms with Crippen molar-refractivity contribution in [3.63, 3.8) is 0 Å². The fraction of sp³-hybridized carbons (Fsp3) is 0.929. The van der Waals surface area contributed by atoms with Gasteiger partial charge < -0.3 is 0 Å². The second-order valence-electron chi connectivity index (χ2n) is 6.24. The minimum Gasteiger partial charge on any atom is -0.300 e. The molecular formula is C14H25ClN2O. The molecule has 2 saturated carbocycles. The Bertz CT molecular complexity index is 293. The number of hydrogen-bond acceptors (Lipinski definition) is 3. The lowest BCUT2D eigenvalue weighted by atomic mass is 10.1. The van der Waals surface area contributed by atoms with Crippen LogP contribution in [0.2, 0.25) is 0 Å². The minimum atomic E-state index is -0.368. The van der Waals surface area contributed by atoms with Gasteiger partial charge in [-0.25, -0.2) is 0 Å². The minimum absolute atomic E-state index is 0.0928. The molecule has 2 rings (SSSR count). The van der Waals surface area contributed by atoms with Crippen molar-refractivity contribution in [2.45, 2.75) is 82.7 Å².